The molecule has 0 heterocycles. The summed E-state index contributed by atoms with van der Waals surface area (Å²) in [5.41, 5.74) is 0.960. The molecule has 0 aliphatic heterocycles. The number of amides is 2. The van der Waals surface area contributed by atoms with Crippen molar-refractivity contribution in [2.24, 2.45) is 0 Å². The average Bonchev–Trinajstić information content (AvgIpc) is 2.73. The van der Waals surface area contributed by atoms with Gasteiger partial charge in [0.15, 0.2) is 0 Å². The molecule has 0 radical (unpaired) electrons. The standard InChI is InChI=1S/C25H42ClNO5/c1-6-7-8-9-11-14-22(31-5)15-12-10-13-16-23(29)27(20-21(19-26)17-18-28)24(30)32-25(2,3)4/h10,12,18-19,22H,6-9,11,13-17,20H2,1-5H3/b12-10+,21-19-/t22-/m0/s1. The van der Waals surface area contributed by atoms with Crippen LogP contribution in [0.1, 0.15) is 91.9 Å². The number of unbranched alkanes of at least 4 members (excludes halogenated alkanes) is 4. The van der Waals surface area contributed by atoms with Crippen LogP contribution in [0.2, 0.25) is 0 Å². The number of allylic oxidation sites excluding steroid dienone is 1. The molecule has 32 heavy (non-hydrogen) atoms. The SMILES string of the molecule is CCCCCCC[C@@H](C/C=C/CCC(=O)N(C/C(=C\Cl)CC=O)C(=O)OC(C)(C)C)OC. The zero-order chi connectivity index (χ0) is 24.4. The topological polar surface area (TPSA) is 72.9 Å². The second-order valence-electron chi connectivity index (χ2n) is 8.90. The van der Waals surface area contributed by atoms with E-state index in [0.717, 1.165) is 24.2 Å². The van der Waals surface area contributed by atoms with Crippen molar-refractivity contribution < 1.29 is 23.9 Å². The Morgan fingerprint density at radius 3 is 2.34 bits per heavy atom. The number of aldehydes is 1. The van der Waals surface area contributed by atoms with Gasteiger partial charge in [-0.15, -0.1) is 0 Å². The number of carbonyl (C=O) groups excluding carboxylic acids is 3. The smallest absolute Gasteiger partial charge is 0.417 e. The van der Waals surface area contributed by atoms with Gasteiger partial charge in [0.25, 0.3) is 0 Å². The van der Waals surface area contributed by atoms with Crippen molar-refractivity contribution in [3.8, 4) is 0 Å². The van der Waals surface area contributed by atoms with E-state index in [1.165, 1.54) is 31.2 Å². The summed E-state index contributed by atoms with van der Waals surface area (Å²) in [7, 11) is 1.73. The maximum absolute atomic E-state index is 12.7. The monoisotopic (exact) mass is 471 g/mol. The van der Waals surface area contributed by atoms with Gasteiger partial charge >= 0.3 is 6.09 Å². The summed E-state index contributed by atoms with van der Waals surface area (Å²) in [4.78, 5) is 37.1. The molecule has 0 N–H and O–H groups in total. The van der Waals surface area contributed by atoms with Crippen LogP contribution in [0.5, 0.6) is 0 Å². The minimum absolute atomic E-state index is 0.0484. The normalized spacial score (nSPS) is 13.2. The molecule has 6 nitrogen and oxygen atoms in total. The Balaban J connectivity index is 4.72. The Bertz CT molecular complexity index is 610. The predicted octanol–water partition coefficient (Wildman–Crippen LogP) is 6.56. The summed E-state index contributed by atoms with van der Waals surface area (Å²) in [5, 5.41) is 0. The number of rotatable bonds is 16. The molecule has 0 rings (SSSR count). The number of hydrogen-bond acceptors (Lipinski definition) is 5. The quantitative estimate of drug-likeness (QED) is 0.145. The van der Waals surface area contributed by atoms with E-state index in [0.29, 0.717) is 18.3 Å². The number of ether oxygens (including phenoxy) is 2. The highest BCUT2D eigenvalue weighted by atomic mass is 35.5. The van der Waals surface area contributed by atoms with Gasteiger partial charge in [-0.3, -0.25) is 4.79 Å². The number of hydrogen-bond donors (Lipinski definition) is 0. The van der Waals surface area contributed by atoms with Gasteiger partial charge in [-0.1, -0.05) is 62.8 Å². The molecule has 0 aromatic heterocycles. The highest BCUT2D eigenvalue weighted by molar-refractivity contribution is 6.25. The Kier molecular flexibility index (Phi) is 16.9. The molecular formula is C25H42ClNO5. The Hall–Kier alpha value is -1.66. The van der Waals surface area contributed by atoms with Crippen molar-refractivity contribution in [1.29, 1.82) is 0 Å². The zero-order valence-corrected chi connectivity index (χ0v) is 21.3. The second-order valence-corrected chi connectivity index (χ2v) is 9.12. The largest absolute Gasteiger partial charge is 0.443 e. The van der Waals surface area contributed by atoms with E-state index in [9.17, 15) is 14.4 Å². The van der Waals surface area contributed by atoms with Gasteiger partial charge in [0.05, 0.1) is 12.6 Å². The van der Waals surface area contributed by atoms with Gasteiger partial charge in [-0.05, 0) is 45.6 Å². The van der Waals surface area contributed by atoms with Crippen LogP contribution < -0.4 is 0 Å². The first-order valence-electron chi connectivity index (χ1n) is 11.6. The van der Waals surface area contributed by atoms with Crippen LogP contribution >= 0.6 is 11.6 Å². The highest BCUT2D eigenvalue weighted by Gasteiger charge is 2.27. The Morgan fingerprint density at radius 2 is 1.78 bits per heavy atom. The van der Waals surface area contributed by atoms with Crippen LogP contribution in [0.4, 0.5) is 4.79 Å². The van der Waals surface area contributed by atoms with Crippen molar-refractivity contribution >= 4 is 29.9 Å². The third kappa shape index (κ3) is 15.2. The fraction of sp³-hybridized carbons (Fsp3) is 0.720. The summed E-state index contributed by atoms with van der Waals surface area (Å²) < 4.78 is 10.9. The zero-order valence-electron chi connectivity index (χ0n) is 20.5. The second kappa shape index (κ2) is 17.8. The number of imide groups is 1. The molecule has 0 saturated heterocycles. The predicted molar refractivity (Wildman–Crippen MR) is 130 cm³/mol. The van der Waals surface area contributed by atoms with Gasteiger partial charge < -0.3 is 14.3 Å². The molecular weight excluding hydrogens is 430 g/mol. The molecule has 0 bridgehead atoms. The fourth-order valence-electron chi connectivity index (χ4n) is 3.04. The summed E-state index contributed by atoms with van der Waals surface area (Å²) >= 11 is 5.75. The fourth-order valence-corrected chi connectivity index (χ4v) is 3.20. The van der Waals surface area contributed by atoms with Crippen LogP contribution in [0.15, 0.2) is 23.3 Å². The summed E-state index contributed by atoms with van der Waals surface area (Å²) in [5.74, 6) is -0.370. The van der Waals surface area contributed by atoms with Gasteiger partial charge in [0, 0.05) is 25.5 Å². The van der Waals surface area contributed by atoms with Gasteiger partial charge in [-0.25, -0.2) is 9.69 Å². The molecule has 0 unspecified atom stereocenters. The Labute approximate surface area is 199 Å². The minimum atomic E-state index is -0.740. The van der Waals surface area contributed by atoms with E-state index in [4.69, 9.17) is 21.1 Å². The third-order valence-electron chi connectivity index (χ3n) is 4.83. The van der Waals surface area contributed by atoms with Gasteiger partial charge in [-0.2, -0.15) is 0 Å². The van der Waals surface area contributed by atoms with E-state index in [1.807, 2.05) is 12.2 Å². The molecule has 0 aromatic rings. The molecule has 0 aliphatic carbocycles. The van der Waals surface area contributed by atoms with Crippen molar-refractivity contribution in [2.75, 3.05) is 13.7 Å². The third-order valence-corrected chi connectivity index (χ3v) is 5.14. The van der Waals surface area contributed by atoms with Crippen LogP contribution in [0, 0.1) is 0 Å². The number of carbonyl (C=O) groups is 3. The molecule has 0 saturated carbocycles. The number of halogens is 1. The van der Waals surface area contributed by atoms with Gasteiger partial charge in [0.1, 0.15) is 11.9 Å². The van der Waals surface area contributed by atoms with Crippen molar-refractivity contribution in [2.45, 2.75) is 104 Å². The summed E-state index contributed by atoms with van der Waals surface area (Å²) in [6, 6.07) is 0. The van der Waals surface area contributed by atoms with Crippen molar-refractivity contribution in [3.63, 3.8) is 0 Å². The van der Waals surface area contributed by atoms with Crippen LogP contribution in [0.3, 0.4) is 0 Å². The summed E-state index contributed by atoms with van der Waals surface area (Å²) in [6.45, 7) is 7.34. The number of nitrogens with zero attached hydrogens (tertiary/aromatic N) is 1. The maximum atomic E-state index is 12.7. The molecule has 0 aromatic carbocycles. The molecule has 1 atom stereocenters. The van der Waals surface area contributed by atoms with Crippen LogP contribution in [-0.4, -0.2) is 48.5 Å². The lowest BCUT2D eigenvalue weighted by molar-refractivity contribution is -0.130. The minimum Gasteiger partial charge on any atom is -0.443 e. The lowest BCUT2D eigenvalue weighted by atomic mass is 10.1. The lowest BCUT2D eigenvalue weighted by Gasteiger charge is -2.26. The van der Waals surface area contributed by atoms with Gasteiger partial charge in [0.2, 0.25) is 5.91 Å². The highest BCUT2D eigenvalue weighted by Crippen LogP contribution is 2.15. The van der Waals surface area contributed by atoms with Crippen LogP contribution in [-0.2, 0) is 19.1 Å². The lowest BCUT2D eigenvalue weighted by Crippen LogP contribution is -2.41. The number of methoxy groups -OCH3 is 1. The van der Waals surface area contributed by atoms with E-state index in [1.54, 1.807) is 27.9 Å². The molecule has 0 aliphatic rings. The van der Waals surface area contributed by atoms with E-state index < -0.39 is 11.7 Å². The van der Waals surface area contributed by atoms with E-state index >= 15 is 0 Å². The Morgan fingerprint density at radius 1 is 1.09 bits per heavy atom. The average molecular weight is 472 g/mol. The van der Waals surface area contributed by atoms with Crippen molar-refractivity contribution in [1.82, 2.24) is 4.90 Å². The molecule has 184 valence electrons. The first-order valence-corrected chi connectivity index (χ1v) is 12.0. The summed E-state index contributed by atoms with van der Waals surface area (Å²) in [6.07, 6.45) is 12.8. The van der Waals surface area contributed by atoms with Crippen LogP contribution in [0.25, 0.3) is 0 Å². The van der Waals surface area contributed by atoms with E-state index in [2.05, 4.69) is 6.92 Å². The van der Waals surface area contributed by atoms with E-state index in [-0.39, 0.29) is 31.4 Å². The van der Waals surface area contributed by atoms with Crippen molar-refractivity contribution in [3.05, 3.63) is 23.3 Å². The first kappa shape index (κ1) is 30.3. The molecule has 0 spiro atoms. The first-order chi connectivity index (χ1) is 15.2. The molecule has 2 amide bonds. The maximum Gasteiger partial charge on any atom is 0.417 e. The molecule has 7 heteroatoms. The molecule has 0 fully saturated rings.